The van der Waals surface area contributed by atoms with Crippen LogP contribution >= 0.6 is 12.4 Å². The van der Waals surface area contributed by atoms with Crippen molar-refractivity contribution in [2.45, 2.75) is 44.4 Å². The number of para-hydroxylation sites is 1. The highest BCUT2D eigenvalue weighted by molar-refractivity contribution is 5.87. The second-order valence-electron chi connectivity index (χ2n) is 7.55. The van der Waals surface area contributed by atoms with Crippen LogP contribution in [0.25, 0.3) is 0 Å². The van der Waals surface area contributed by atoms with Gasteiger partial charge in [-0.15, -0.1) is 12.4 Å². The molecule has 0 spiro atoms. The van der Waals surface area contributed by atoms with Gasteiger partial charge >= 0.3 is 0 Å². The van der Waals surface area contributed by atoms with Crippen molar-refractivity contribution in [3.05, 3.63) is 65.7 Å². The molecule has 29 heavy (non-hydrogen) atoms. The van der Waals surface area contributed by atoms with Crippen molar-refractivity contribution >= 4 is 24.1 Å². The van der Waals surface area contributed by atoms with Crippen molar-refractivity contribution in [3.63, 3.8) is 0 Å². The van der Waals surface area contributed by atoms with E-state index in [0.29, 0.717) is 13.0 Å². The average molecular weight is 415 g/mol. The number of fused-ring (bicyclic) bond motifs is 1. The molecule has 0 bridgehead atoms. The number of nitrogens with zero attached hydrogens (tertiary/aromatic N) is 1. The van der Waals surface area contributed by atoms with E-state index >= 15 is 0 Å². The molecule has 0 aromatic heterocycles. The number of hydrogen-bond donors (Lipinski definition) is 1. The van der Waals surface area contributed by atoms with Gasteiger partial charge in [0, 0.05) is 6.54 Å². The van der Waals surface area contributed by atoms with E-state index in [1.807, 2.05) is 59.5 Å². The molecule has 1 amide bonds. The molecule has 2 aromatic rings. The first-order chi connectivity index (χ1) is 13.7. The zero-order chi connectivity index (χ0) is 19.3. The molecule has 2 aliphatic heterocycles. The number of rotatable bonds is 6. The Morgan fingerprint density at radius 2 is 1.79 bits per heavy atom. The Morgan fingerprint density at radius 1 is 1.03 bits per heavy atom. The lowest BCUT2D eigenvalue weighted by Gasteiger charge is -2.28. The molecule has 1 saturated heterocycles. The zero-order valence-electron chi connectivity index (χ0n) is 16.4. The van der Waals surface area contributed by atoms with Crippen molar-refractivity contribution < 1.29 is 14.3 Å². The van der Waals surface area contributed by atoms with Gasteiger partial charge in [-0.25, -0.2) is 0 Å². The summed E-state index contributed by atoms with van der Waals surface area (Å²) in [6.45, 7) is 1.56. The predicted octanol–water partition coefficient (Wildman–Crippen LogP) is 3.15. The van der Waals surface area contributed by atoms with Crippen molar-refractivity contribution in [1.29, 1.82) is 0 Å². The standard InChI is InChI=1S/C23H26N2O3.ClH/c26-20(22-13-12-18-9-4-5-11-21(18)28-22)16-25-14-6-10-19(25)23(27)24-15-17-7-2-1-3-8-17;/h1-5,7-9,11,19,22H,6,10,12-16H2,(H,24,27);1H/t19-,22?;/m0./s1. The van der Waals surface area contributed by atoms with E-state index in [0.717, 1.165) is 42.7 Å². The molecule has 4 rings (SSSR count). The summed E-state index contributed by atoms with van der Waals surface area (Å²) in [5.74, 6) is 0.881. The third-order valence-electron chi connectivity index (χ3n) is 5.61. The summed E-state index contributed by atoms with van der Waals surface area (Å²) < 4.78 is 5.93. The maximum Gasteiger partial charge on any atom is 0.237 e. The monoisotopic (exact) mass is 414 g/mol. The van der Waals surface area contributed by atoms with Crippen molar-refractivity contribution in [1.82, 2.24) is 10.2 Å². The Morgan fingerprint density at radius 3 is 2.62 bits per heavy atom. The van der Waals surface area contributed by atoms with Crippen LogP contribution in [0.15, 0.2) is 54.6 Å². The Hall–Kier alpha value is -2.37. The first kappa shape index (κ1) is 21.3. The number of amides is 1. The van der Waals surface area contributed by atoms with Crippen LogP contribution in [0.2, 0.25) is 0 Å². The third-order valence-corrected chi connectivity index (χ3v) is 5.61. The van der Waals surface area contributed by atoms with Gasteiger partial charge in [0.2, 0.25) is 5.91 Å². The predicted molar refractivity (Wildman–Crippen MR) is 114 cm³/mol. The lowest BCUT2D eigenvalue weighted by Crippen LogP contribution is -2.47. The summed E-state index contributed by atoms with van der Waals surface area (Å²) in [5, 5.41) is 3.01. The van der Waals surface area contributed by atoms with Crippen LogP contribution < -0.4 is 10.1 Å². The topological polar surface area (TPSA) is 58.6 Å². The molecule has 6 heteroatoms. The molecule has 0 radical (unpaired) electrons. The molecule has 154 valence electrons. The van der Waals surface area contributed by atoms with E-state index < -0.39 is 6.10 Å². The number of halogens is 1. The maximum absolute atomic E-state index is 12.8. The van der Waals surface area contributed by atoms with Crippen LogP contribution in [0, 0.1) is 0 Å². The molecule has 2 aliphatic rings. The number of aryl methyl sites for hydroxylation is 1. The normalized spacial score (nSPS) is 20.8. The molecule has 1 N–H and O–H groups in total. The second kappa shape index (κ2) is 9.90. The molecular weight excluding hydrogens is 388 g/mol. The lowest BCUT2D eigenvalue weighted by molar-refractivity contribution is -0.130. The summed E-state index contributed by atoms with van der Waals surface area (Å²) in [6, 6.07) is 17.5. The van der Waals surface area contributed by atoms with Gasteiger partial charge in [0.05, 0.1) is 12.6 Å². The van der Waals surface area contributed by atoms with Gasteiger partial charge in [-0.05, 0) is 49.4 Å². The number of likely N-dealkylation sites (tertiary alicyclic amines) is 1. The van der Waals surface area contributed by atoms with Crippen LogP contribution in [0.4, 0.5) is 0 Å². The second-order valence-corrected chi connectivity index (χ2v) is 7.55. The highest BCUT2D eigenvalue weighted by Crippen LogP contribution is 2.28. The minimum atomic E-state index is -0.413. The number of benzene rings is 2. The van der Waals surface area contributed by atoms with E-state index in [1.165, 1.54) is 0 Å². The van der Waals surface area contributed by atoms with E-state index in [1.54, 1.807) is 0 Å². The highest BCUT2D eigenvalue weighted by atomic mass is 35.5. The minimum absolute atomic E-state index is 0. The number of ketones is 1. The lowest BCUT2D eigenvalue weighted by atomic mass is 9.99. The summed E-state index contributed by atoms with van der Waals surface area (Å²) in [4.78, 5) is 27.5. The molecule has 0 aliphatic carbocycles. The molecular formula is C23H27ClN2O3. The number of carbonyl (C=O) groups excluding carboxylic acids is 2. The Bertz CT molecular complexity index is 843. The fraction of sp³-hybridized carbons (Fsp3) is 0.391. The zero-order valence-corrected chi connectivity index (χ0v) is 17.2. The van der Waals surface area contributed by atoms with Gasteiger partial charge in [0.25, 0.3) is 0 Å². The molecule has 1 fully saturated rings. The molecule has 2 heterocycles. The molecule has 2 aromatic carbocycles. The van der Waals surface area contributed by atoms with Gasteiger partial charge < -0.3 is 10.1 Å². The van der Waals surface area contributed by atoms with Crippen molar-refractivity contribution in [2.75, 3.05) is 13.1 Å². The first-order valence-electron chi connectivity index (χ1n) is 10.0. The third kappa shape index (κ3) is 5.17. The molecule has 5 nitrogen and oxygen atoms in total. The Balaban J connectivity index is 0.00000240. The summed E-state index contributed by atoms with van der Waals surface area (Å²) in [7, 11) is 0. The van der Waals surface area contributed by atoms with Crippen LogP contribution in [0.3, 0.4) is 0 Å². The Labute approximate surface area is 177 Å². The summed E-state index contributed by atoms with van der Waals surface area (Å²) in [6.07, 6.45) is 2.87. The number of carbonyl (C=O) groups is 2. The molecule has 0 saturated carbocycles. The number of nitrogens with one attached hydrogen (secondary N) is 1. The highest BCUT2D eigenvalue weighted by Gasteiger charge is 2.34. The Kier molecular flexibility index (Phi) is 7.29. The van der Waals surface area contributed by atoms with Crippen LogP contribution in [-0.2, 0) is 22.6 Å². The van der Waals surface area contributed by atoms with Gasteiger partial charge in [-0.2, -0.15) is 0 Å². The molecule has 1 unspecified atom stereocenters. The average Bonchev–Trinajstić information content (AvgIpc) is 3.20. The van der Waals surface area contributed by atoms with E-state index in [9.17, 15) is 9.59 Å². The molecule has 2 atom stereocenters. The van der Waals surface area contributed by atoms with Crippen molar-refractivity contribution in [2.24, 2.45) is 0 Å². The minimum Gasteiger partial charge on any atom is -0.482 e. The van der Waals surface area contributed by atoms with Gasteiger partial charge in [-0.1, -0.05) is 48.5 Å². The van der Waals surface area contributed by atoms with Gasteiger partial charge in [0.15, 0.2) is 11.9 Å². The largest absolute Gasteiger partial charge is 0.482 e. The van der Waals surface area contributed by atoms with E-state index in [-0.39, 0.29) is 36.7 Å². The number of ether oxygens (including phenoxy) is 1. The quantitative estimate of drug-likeness (QED) is 0.788. The summed E-state index contributed by atoms with van der Waals surface area (Å²) in [5.41, 5.74) is 2.23. The van der Waals surface area contributed by atoms with E-state index in [2.05, 4.69) is 5.32 Å². The summed E-state index contributed by atoms with van der Waals surface area (Å²) >= 11 is 0. The SMILES string of the molecule is Cl.O=C(CN1CCC[C@H]1C(=O)NCc1ccccc1)C1CCc2ccccc2O1. The van der Waals surface area contributed by atoms with Gasteiger partial charge in [-0.3, -0.25) is 14.5 Å². The fourth-order valence-electron chi connectivity index (χ4n) is 4.07. The maximum atomic E-state index is 12.8. The van der Waals surface area contributed by atoms with Crippen molar-refractivity contribution in [3.8, 4) is 5.75 Å². The number of Topliss-reactive ketones (excluding diaryl/α,β-unsaturated/α-hetero) is 1. The van der Waals surface area contributed by atoms with Gasteiger partial charge in [0.1, 0.15) is 5.75 Å². The first-order valence-corrected chi connectivity index (χ1v) is 10.0. The van der Waals surface area contributed by atoms with E-state index in [4.69, 9.17) is 4.74 Å². The van der Waals surface area contributed by atoms with Crippen LogP contribution in [-0.4, -0.2) is 41.8 Å². The van der Waals surface area contributed by atoms with Crippen LogP contribution in [0.1, 0.15) is 30.4 Å². The number of hydrogen-bond acceptors (Lipinski definition) is 4. The van der Waals surface area contributed by atoms with Crippen LogP contribution in [0.5, 0.6) is 5.75 Å². The smallest absolute Gasteiger partial charge is 0.237 e. The fourth-order valence-corrected chi connectivity index (χ4v) is 4.07.